The fourth-order valence-corrected chi connectivity index (χ4v) is 3.38. The molecule has 3 N–H and O–H groups in total. The number of carboxylic acid groups (broad SMARTS) is 1. The van der Waals surface area contributed by atoms with Gasteiger partial charge in [0, 0.05) is 10.5 Å². The van der Waals surface area contributed by atoms with E-state index < -0.39 is 23.7 Å². The number of halogens is 1. The monoisotopic (exact) mass is 374 g/mol. The summed E-state index contributed by atoms with van der Waals surface area (Å²) in [4.78, 5) is 36.0. The van der Waals surface area contributed by atoms with Gasteiger partial charge in [-0.3, -0.25) is 14.4 Å². The number of carboxylic acids is 1. The van der Waals surface area contributed by atoms with E-state index in [0.717, 1.165) is 4.90 Å². The zero-order valence-electron chi connectivity index (χ0n) is 13.5. The van der Waals surface area contributed by atoms with Crippen molar-refractivity contribution in [1.29, 1.82) is 0 Å². The van der Waals surface area contributed by atoms with Crippen LogP contribution in [0.15, 0.2) is 47.4 Å². The van der Waals surface area contributed by atoms with Crippen molar-refractivity contribution in [3.05, 3.63) is 59.4 Å². The summed E-state index contributed by atoms with van der Waals surface area (Å²) in [6.07, 6.45) is -0.338. The Morgan fingerprint density at radius 1 is 1.23 bits per heavy atom. The number of hydrogen-bond donors (Lipinski definition) is 3. The fraction of sp³-hybridized carbons (Fsp3) is 0.167. The third-order valence-corrected chi connectivity index (χ3v) is 4.90. The lowest BCUT2D eigenvalue weighted by Gasteiger charge is -2.19. The number of carbonyl (C=O) groups excluding carboxylic acids is 2. The molecule has 8 heteroatoms. The zero-order chi connectivity index (χ0) is 18.7. The van der Waals surface area contributed by atoms with E-state index in [1.54, 1.807) is 18.2 Å². The van der Waals surface area contributed by atoms with Gasteiger partial charge in [-0.1, -0.05) is 12.1 Å². The van der Waals surface area contributed by atoms with E-state index in [9.17, 15) is 18.8 Å². The number of anilines is 1. The van der Waals surface area contributed by atoms with Gasteiger partial charge < -0.3 is 15.7 Å². The molecule has 0 saturated heterocycles. The van der Waals surface area contributed by atoms with E-state index in [1.165, 1.54) is 36.0 Å². The van der Waals surface area contributed by atoms with Gasteiger partial charge in [-0.2, -0.15) is 0 Å². The highest BCUT2D eigenvalue weighted by Crippen LogP contribution is 2.32. The largest absolute Gasteiger partial charge is 0.481 e. The molecular weight excluding hydrogens is 359 g/mol. The Morgan fingerprint density at radius 3 is 2.65 bits per heavy atom. The summed E-state index contributed by atoms with van der Waals surface area (Å²) in [5.74, 6) is -1.84. The van der Waals surface area contributed by atoms with E-state index in [0.29, 0.717) is 22.6 Å². The predicted octanol–water partition coefficient (Wildman–Crippen LogP) is 2.82. The van der Waals surface area contributed by atoms with Crippen LogP contribution in [0.1, 0.15) is 28.4 Å². The Kier molecular flexibility index (Phi) is 5.22. The standard InChI is InChI=1S/C18H15FN2O4S/c19-12-4-1-10(2-5-12)13(8-17(23)24)21-18(25)11-3-6-15-14(7-11)20-16(22)9-26-15/h1-7,13H,8-9H2,(H,20,22)(H,21,25)(H,23,24)/t13-/m1/s1. The van der Waals surface area contributed by atoms with Crippen molar-refractivity contribution in [1.82, 2.24) is 5.32 Å². The quantitative estimate of drug-likeness (QED) is 0.748. The Hall–Kier alpha value is -2.87. The highest BCUT2D eigenvalue weighted by molar-refractivity contribution is 8.00. The molecule has 1 atom stereocenters. The molecule has 134 valence electrons. The predicted molar refractivity (Wildman–Crippen MR) is 94.7 cm³/mol. The molecule has 0 aliphatic carbocycles. The van der Waals surface area contributed by atoms with Gasteiger partial charge in [0.05, 0.1) is 23.9 Å². The Bertz CT molecular complexity index is 870. The van der Waals surface area contributed by atoms with Crippen LogP contribution in [0.4, 0.5) is 10.1 Å². The normalized spacial score (nSPS) is 14.1. The van der Waals surface area contributed by atoms with Crippen molar-refractivity contribution >= 4 is 35.2 Å². The second-order valence-corrected chi connectivity index (χ2v) is 6.74. The fourth-order valence-electron chi connectivity index (χ4n) is 2.59. The molecule has 1 aliphatic heterocycles. The SMILES string of the molecule is O=C(O)C[C@@H](NC(=O)c1ccc2c(c1)NC(=O)CS2)c1ccc(F)cc1. The van der Waals surface area contributed by atoms with Crippen LogP contribution >= 0.6 is 11.8 Å². The number of rotatable bonds is 5. The van der Waals surface area contributed by atoms with Crippen molar-refractivity contribution in [3.63, 3.8) is 0 Å². The molecule has 2 aromatic rings. The number of fused-ring (bicyclic) bond motifs is 1. The minimum absolute atomic E-state index is 0.143. The minimum Gasteiger partial charge on any atom is -0.481 e. The minimum atomic E-state index is -1.09. The van der Waals surface area contributed by atoms with Gasteiger partial charge in [0.15, 0.2) is 0 Å². The maximum absolute atomic E-state index is 13.1. The van der Waals surface area contributed by atoms with E-state index in [2.05, 4.69) is 10.6 Å². The van der Waals surface area contributed by atoms with Crippen molar-refractivity contribution < 1.29 is 23.9 Å². The van der Waals surface area contributed by atoms with E-state index >= 15 is 0 Å². The van der Waals surface area contributed by atoms with E-state index in [1.807, 2.05) is 0 Å². The van der Waals surface area contributed by atoms with Crippen LogP contribution in [0.25, 0.3) is 0 Å². The molecule has 6 nitrogen and oxygen atoms in total. The van der Waals surface area contributed by atoms with Gasteiger partial charge >= 0.3 is 5.97 Å². The number of amides is 2. The van der Waals surface area contributed by atoms with Crippen LogP contribution in [0, 0.1) is 5.82 Å². The van der Waals surface area contributed by atoms with Gasteiger partial charge in [-0.15, -0.1) is 11.8 Å². The molecule has 1 heterocycles. The molecule has 3 rings (SSSR count). The van der Waals surface area contributed by atoms with Crippen LogP contribution < -0.4 is 10.6 Å². The van der Waals surface area contributed by atoms with Gasteiger partial charge in [0.1, 0.15) is 5.82 Å². The Balaban J connectivity index is 1.81. The lowest BCUT2D eigenvalue weighted by molar-refractivity contribution is -0.137. The first kappa shape index (κ1) is 17.9. The highest BCUT2D eigenvalue weighted by atomic mass is 32.2. The molecule has 0 fully saturated rings. The van der Waals surface area contributed by atoms with Crippen LogP contribution in [0.5, 0.6) is 0 Å². The van der Waals surface area contributed by atoms with E-state index in [4.69, 9.17) is 5.11 Å². The average Bonchev–Trinajstić information content (AvgIpc) is 2.60. The molecule has 0 spiro atoms. The third-order valence-electron chi connectivity index (χ3n) is 3.83. The van der Waals surface area contributed by atoms with Gasteiger partial charge in [0.2, 0.25) is 5.91 Å². The van der Waals surface area contributed by atoms with E-state index in [-0.39, 0.29) is 12.3 Å². The molecule has 0 radical (unpaired) electrons. The van der Waals surface area contributed by atoms with Crippen LogP contribution in [0.2, 0.25) is 0 Å². The third kappa shape index (κ3) is 4.20. The summed E-state index contributed by atoms with van der Waals surface area (Å²) in [5, 5.41) is 14.5. The van der Waals surface area contributed by atoms with Crippen molar-refractivity contribution in [2.24, 2.45) is 0 Å². The molecular formula is C18H15FN2O4S. The van der Waals surface area contributed by atoms with Crippen LogP contribution in [-0.2, 0) is 9.59 Å². The second kappa shape index (κ2) is 7.57. The highest BCUT2D eigenvalue weighted by Gasteiger charge is 2.21. The maximum Gasteiger partial charge on any atom is 0.305 e. The zero-order valence-corrected chi connectivity index (χ0v) is 14.3. The second-order valence-electron chi connectivity index (χ2n) is 5.72. The number of thioether (sulfide) groups is 1. The Morgan fingerprint density at radius 2 is 1.96 bits per heavy atom. The summed E-state index contributed by atoms with van der Waals surface area (Å²) in [7, 11) is 0. The Labute approximate surface area is 152 Å². The lowest BCUT2D eigenvalue weighted by Crippen LogP contribution is -2.30. The van der Waals surface area contributed by atoms with Gasteiger partial charge in [-0.25, -0.2) is 4.39 Å². The molecule has 26 heavy (non-hydrogen) atoms. The molecule has 2 amide bonds. The first-order chi connectivity index (χ1) is 12.4. The summed E-state index contributed by atoms with van der Waals surface area (Å²) in [6, 6.07) is 9.39. The topological polar surface area (TPSA) is 95.5 Å². The molecule has 0 unspecified atom stereocenters. The molecule has 0 aromatic heterocycles. The molecule has 0 saturated carbocycles. The van der Waals surface area contributed by atoms with Crippen molar-refractivity contribution in [2.75, 3.05) is 11.1 Å². The average molecular weight is 374 g/mol. The number of aliphatic carboxylic acids is 1. The first-order valence-corrected chi connectivity index (χ1v) is 8.76. The molecule has 2 aromatic carbocycles. The molecule has 1 aliphatic rings. The smallest absolute Gasteiger partial charge is 0.305 e. The molecule has 0 bridgehead atoms. The number of hydrogen-bond acceptors (Lipinski definition) is 4. The number of nitrogens with one attached hydrogen (secondary N) is 2. The van der Waals surface area contributed by atoms with Gasteiger partial charge in [0.25, 0.3) is 5.91 Å². The van der Waals surface area contributed by atoms with Crippen molar-refractivity contribution in [2.45, 2.75) is 17.4 Å². The van der Waals surface area contributed by atoms with Crippen molar-refractivity contribution in [3.8, 4) is 0 Å². The van der Waals surface area contributed by atoms with Gasteiger partial charge in [-0.05, 0) is 35.9 Å². The summed E-state index contributed by atoms with van der Waals surface area (Å²) < 4.78 is 13.1. The summed E-state index contributed by atoms with van der Waals surface area (Å²) >= 11 is 1.38. The summed E-state index contributed by atoms with van der Waals surface area (Å²) in [5.41, 5.74) is 1.34. The first-order valence-electron chi connectivity index (χ1n) is 7.77. The number of benzene rings is 2. The van der Waals surface area contributed by atoms with Crippen LogP contribution in [-0.4, -0.2) is 28.6 Å². The number of carbonyl (C=O) groups is 3. The van der Waals surface area contributed by atoms with Crippen LogP contribution in [0.3, 0.4) is 0 Å². The lowest BCUT2D eigenvalue weighted by atomic mass is 10.0. The summed E-state index contributed by atoms with van der Waals surface area (Å²) in [6.45, 7) is 0. The maximum atomic E-state index is 13.1.